The van der Waals surface area contributed by atoms with Crippen LogP contribution in [0.4, 0.5) is 0 Å². The summed E-state index contributed by atoms with van der Waals surface area (Å²) in [5.41, 5.74) is 10.7. The normalized spacial score (nSPS) is 25.3. The van der Waals surface area contributed by atoms with Gasteiger partial charge in [0.25, 0.3) is 0 Å². The molecule has 88 valence electrons. The quantitative estimate of drug-likeness (QED) is 0.701. The average Bonchev–Trinajstić information content (AvgIpc) is 2.22. The standard InChI is InChI=1S/C15H23N/c1-10-5-8-14(16)13-9-11(15(2,3)4)6-7-12(10)13/h6-7,9-10,14H,5,8,16H2,1-4H3/t10?,14-/m1/s1. The molecule has 2 N–H and O–H groups in total. The van der Waals surface area contributed by atoms with E-state index < -0.39 is 0 Å². The van der Waals surface area contributed by atoms with E-state index >= 15 is 0 Å². The average molecular weight is 217 g/mol. The van der Waals surface area contributed by atoms with Crippen LogP contribution in [-0.2, 0) is 5.41 Å². The second-order valence-electron chi connectivity index (χ2n) is 6.18. The van der Waals surface area contributed by atoms with Crippen molar-refractivity contribution in [2.75, 3.05) is 0 Å². The van der Waals surface area contributed by atoms with E-state index in [0.29, 0.717) is 5.92 Å². The molecular formula is C15H23N. The van der Waals surface area contributed by atoms with Gasteiger partial charge in [0.15, 0.2) is 0 Å². The van der Waals surface area contributed by atoms with E-state index in [1.54, 1.807) is 0 Å². The largest absolute Gasteiger partial charge is 0.324 e. The van der Waals surface area contributed by atoms with Gasteiger partial charge in [0.1, 0.15) is 0 Å². The zero-order valence-electron chi connectivity index (χ0n) is 10.9. The van der Waals surface area contributed by atoms with E-state index in [-0.39, 0.29) is 11.5 Å². The first-order chi connectivity index (χ1) is 7.39. The molecule has 0 fully saturated rings. The lowest BCUT2D eigenvalue weighted by molar-refractivity contribution is 0.509. The summed E-state index contributed by atoms with van der Waals surface area (Å²) in [6.45, 7) is 9.08. The van der Waals surface area contributed by atoms with Crippen molar-refractivity contribution in [3.63, 3.8) is 0 Å². The van der Waals surface area contributed by atoms with Crippen molar-refractivity contribution >= 4 is 0 Å². The van der Waals surface area contributed by atoms with Gasteiger partial charge in [-0.1, -0.05) is 45.9 Å². The molecule has 0 saturated heterocycles. The number of benzene rings is 1. The highest BCUT2D eigenvalue weighted by Gasteiger charge is 2.24. The number of hydrogen-bond donors (Lipinski definition) is 1. The first-order valence-corrected chi connectivity index (χ1v) is 6.29. The van der Waals surface area contributed by atoms with Crippen LogP contribution in [0.2, 0.25) is 0 Å². The Morgan fingerprint density at radius 1 is 1.12 bits per heavy atom. The van der Waals surface area contributed by atoms with Crippen LogP contribution in [-0.4, -0.2) is 0 Å². The van der Waals surface area contributed by atoms with Gasteiger partial charge in [0.2, 0.25) is 0 Å². The predicted molar refractivity (Wildman–Crippen MR) is 69.7 cm³/mol. The summed E-state index contributed by atoms with van der Waals surface area (Å²) in [6.07, 6.45) is 2.35. The van der Waals surface area contributed by atoms with E-state index in [4.69, 9.17) is 5.73 Å². The molecule has 0 radical (unpaired) electrons. The molecule has 0 aromatic heterocycles. The Bertz CT molecular complexity index is 387. The Labute approximate surface area is 99.0 Å². The fourth-order valence-electron chi connectivity index (χ4n) is 2.55. The van der Waals surface area contributed by atoms with Crippen molar-refractivity contribution in [3.8, 4) is 0 Å². The van der Waals surface area contributed by atoms with E-state index in [2.05, 4.69) is 45.9 Å². The fraction of sp³-hybridized carbons (Fsp3) is 0.600. The van der Waals surface area contributed by atoms with Crippen LogP contribution < -0.4 is 5.73 Å². The van der Waals surface area contributed by atoms with Gasteiger partial charge in [-0.3, -0.25) is 0 Å². The monoisotopic (exact) mass is 217 g/mol. The molecule has 2 atom stereocenters. The van der Waals surface area contributed by atoms with E-state index in [9.17, 15) is 0 Å². The van der Waals surface area contributed by atoms with Crippen molar-refractivity contribution in [3.05, 3.63) is 34.9 Å². The molecule has 0 heterocycles. The molecular weight excluding hydrogens is 194 g/mol. The van der Waals surface area contributed by atoms with E-state index in [1.807, 2.05) is 0 Å². The first kappa shape index (κ1) is 11.7. The van der Waals surface area contributed by atoms with Gasteiger partial charge in [-0.2, -0.15) is 0 Å². The summed E-state index contributed by atoms with van der Waals surface area (Å²) in [5.74, 6) is 0.670. The van der Waals surface area contributed by atoms with Crippen LogP contribution in [0.5, 0.6) is 0 Å². The van der Waals surface area contributed by atoms with Crippen molar-refractivity contribution in [1.29, 1.82) is 0 Å². The minimum absolute atomic E-state index is 0.218. The maximum atomic E-state index is 6.22. The minimum Gasteiger partial charge on any atom is -0.324 e. The van der Waals surface area contributed by atoms with Gasteiger partial charge >= 0.3 is 0 Å². The highest BCUT2D eigenvalue weighted by atomic mass is 14.6. The van der Waals surface area contributed by atoms with Crippen molar-refractivity contribution in [1.82, 2.24) is 0 Å². The van der Waals surface area contributed by atoms with Crippen LogP contribution in [0, 0.1) is 0 Å². The molecule has 0 bridgehead atoms. The Kier molecular flexibility index (Phi) is 2.83. The highest BCUT2D eigenvalue weighted by molar-refractivity contribution is 5.40. The molecule has 1 nitrogen and oxygen atoms in total. The molecule has 2 rings (SSSR count). The number of rotatable bonds is 0. The van der Waals surface area contributed by atoms with Gasteiger partial charge in [0.05, 0.1) is 0 Å². The lowest BCUT2D eigenvalue weighted by atomic mass is 9.77. The molecule has 1 aromatic rings. The number of nitrogens with two attached hydrogens (primary N) is 1. The van der Waals surface area contributed by atoms with Crippen LogP contribution in [0.1, 0.15) is 69.2 Å². The predicted octanol–water partition coefficient (Wildman–Crippen LogP) is 3.88. The topological polar surface area (TPSA) is 26.0 Å². The summed E-state index contributed by atoms with van der Waals surface area (Å²) >= 11 is 0. The second-order valence-corrected chi connectivity index (χ2v) is 6.18. The smallest absolute Gasteiger partial charge is 0.0298 e. The molecule has 1 aromatic carbocycles. The first-order valence-electron chi connectivity index (χ1n) is 6.29. The van der Waals surface area contributed by atoms with Gasteiger partial charge in [-0.15, -0.1) is 0 Å². The fourth-order valence-corrected chi connectivity index (χ4v) is 2.55. The molecule has 1 heteroatoms. The summed E-state index contributed by atoms with van der Waals surface area (Å²) < 4.78 is 0. The van der Waals surface area contributed by atoms with Crippen molar-refractivity contribution < 1.29 is 0 Å². The molecule has 0 aliphatic heterocycles. The SMILES string of the molecule is CC1CC[C@@H](N)c2cc(C(C)(C)C)ccc21. The summed E-state index contributed by atoms with van der Waals surface area (Å²) in [5, 5.41) is 0. The van der Waals surface area contributed by atoms with Crippen LogP contribution in [0.25, 0.3) is 0 Å². The van der Waals surface area contributed by atoms with E-state index in [1.165, 1.54) is 23.1 Å². The van der Waals surface area contributed by atoms with Crippen molar-refractivity contribution in [2.24, 2.45) is 5.73 Å². The number of fused-ring (bicyclic) bond motifs is 1. The molecule has 0 spiro atoms. The molecule has 0 amide bonds. The summed E-state index contributed by atoms with van der Waals surface area (Å²) in [4.78, 5) is 0. The lowest BCUT2D eigenvalue weighted by Gasteiger charge is -2.30. The Hall–Kier alpha value is -0.820. The van der Waals surface area contributed by atoms with Crippen LogP contribution >= 0.6 is 0 Å². The summed E-state index contributed by atoms with van der Waals surface area (Å²) in [7, 11) is 0. The maximum absolute atomic E-state index is 6.22. The van der Waals surface area contributed by atoms with Crippen molar-refractivity contribution in [2.45, 2.75) is 57.9 Å². The zero-order valence-corrected chi connectivity index (χ0v) is 10.9. The second kappa shape index (κ2) is 3.89. The van der Waals surface area contributed by atoms with Crippen LogP contribution in [0.3, 0.4) is 0 Å². The highest BCUT2D eigenvalue weighted by Crippen LogP contribution is 2.38. The third-order valence-electron chi connectivity index (χ3n) is 3.79. The third-order valence-corrected chi connectivity index (χ3v) is 3.79. The van der Waals surface area contributed by atoms with E-state index in [0.717, 1.165) is 6.42 Å². The Morgan fingerprint density at radius 2 is 1.81 bits per heavy atom. The zero-order chi connectivity index (χ0) is 11.9. The molecule has 16 heavy (non-hydrogen) atoms. The van der Waals surface area contributed by atoms with Gasteiger partial charge < -0.3 is 5.73 Å². The van der Waals surface area contributed by atoms with Gasteiger partial charge in [-0.05, 0) is 40.9 Å². The molecule has 0 saturated carbocycles. The third kappa shape index (κ3) is 2.01. The Morgan fingerprint density at radius 3 is 2.44 bits per heavy atom. The van der Waals surface area contributed by atoms with Gasteiger partial charge in [-0.25, -0.2) is 0 Å². The van der Waals surface area contributed by atoms with Gasteiger partial charge in [0, 0.05) is 6.04 Å². The molecule has 1 unspecified atom stereocenters. The number of hydrogen-bond acceptors (Lipinski definition) is 1. The Balaban J connectivity index is 2.48. The maximum Gasteiger partial charge on any atom is 0.0298 e. The lowest BCUT2D eigenvalue weighted by Crippen LogP contribution is -2.21. The minimum atomic E-state index is 0.218. The molecule has 1 aliphatic carbocycles. The summed E-state index contributed by atoms with van der Waals surface area (Å²) in [6, 6.07) is 7.14. The van der Waals surface area contributed by atoms with Crippen LogP contribution in [0.15, 0.2) is 18.2 Å². The molecule has 1 aliphatic rings.